The molecule has 0 aromatic heterocycles. The van der Waals surface area contributed by atoms with Crippen molar-refractivity contribution in [3.63, 3.8) is 0 Å². The molecule has 0 aliphatic rings. The van der Waals surface area contributed by atoms with E-state index in [0.717, 1.165) is 0 Å². The van der Waals surface area contributed by atoms with E-state index in [1.807, 2.05) is 13.8 Å². The summed E-state index contributed by atoms with van der Waals surface area (Å²) in [5.41, 5.74) is 0. The van der Waals surface area contributed by atoms with Crippen LogP contribution < -0.4 is 0 Å². The second kappa shape index (κ2) is 5.98. The van der Waals surface area contributed by atoms with Crippen LogP contribution in [0.25, 0.3) is 0 Å². The van der Waals surface area contributed by atoms with Gasteiger partial charge in [0.1, 0.15) is 6.61 Å². The van der Waals surface area contributed by atoms with Crippen LogP contribution in [0, 0.1) is 11.8 Å². The first kappa shape index (κ1) is 12.4. The van der Waals surface area contributed by atoms with E-state index in [9.17, 15) is 0 Å². The third-order valence-electron chi connectivity index (χ3n) is 1.51. The topological polar surface area (TPSA) is 38.7 Å². The highest BCUT2D eigenvalue weighted by atomic mass is 16.7. The number of hydrogen-bond acceptors (Lipinski definition) is 3. The maximum absolute atomic E-state index is 8.89. The average Bonchev–Trinajstić information content (AvgIpc) is 2.03. The van der Waals surface area contributed by atoms with Crippen molar-refractivity contribution in [1.82, 2.24) is 0 Å². The zero-order valence-corrected chi connectivity index (χ0v) is 8.76. The molecular weight excluding hydrogens is 168 g/mol. The Labute approximate surface area is 80.0 Å². The second-order valence-corrected chi connectivity index (χ2v) is 3.30. The summed E-state index contributed by atoms with van der Waals surface area (Å²) in [5, 5.41) is 8.89. The Kier molecular flexibility index (Phi) is 5.72. The zero-order chi connectivity index (χ0) is 10.3. The van der Waals surface area contributed by atoms with Gasteiger partial charge in [-0.05, 0) is 20.8 Å². The first-order valence-corrected chi connectivity index (χ1v) is 4.31. The van der Waals surface area contributed by atoms with Crippen LogP contribution in [0.3, 0.4) is 0 Å². The number of rotatable bonds is 4. The lowest BCUT2D eigenvalue weighted by Crippen LogP contribution is -2.26. The van der Waals surface area contributed by atoms with Gasteiger partial charge in [-0.3, -0.25) is 0 Å². The molecule has 1 atom stereocenters. The summed E-state index contributed by atoms with van der Waals surface area (Å²) in [7, 11) is 1.59. The van der Waals surface area contributed by atoms with Crippen LogP contribution in [-0.4, -0.2) is 30.7 Å². The van der Waals surface area contributed by atoms with E-state index in [2.05, 4.69) is 11.8 Å². The summed E-state index contributed by atoms with van der Waals surface area (Å²) in [6.07, 6.45) is 0.111. The van der Waals surface area contributed by atoms with E-state index >= 15 is 0 Å². The molecule has 3 nitrogen and oxygen atoms in total. The van der Waals surface area contributed by atoms with E-state index < -0.39 is 5.79 Å². The molecule has 0 saturated carbocycles. The van der Waals surface area contributed by atoms with E-state index in [1.165, 1.54) is 0 Å². The minimum absolute atomic E-state index is 0.327. The lowest BCUT2D eigenvalue weighted by molar-refractivity contribution is -0.188. The quantitative estimate of drug-likeness (QED) is 0.529. The molecule has 1 N–H and O–H groups in total. The minimum Gasteiger partial charge on any atom is -0.392 e. The van der Waals surface area contributed by atoms with Gasteiger partial charge in [-0.15, -0.1) is 0 Å². The summed E-state index contributed by atoms with van der Waals surface area (Å²) in [6, 6.07) is 0. The summed E-state index contributed by atoms with van der Waals surface area (Å²) in [4.78, 5) is 0. The van der Waals surface area contributed by atoms with Gasteiger partial charge >= 0.3 is 0 Å². The predicted molar refractivity (Wildman–Crippen MR) is 51.1 cm³/mol. The molecule has 3 heteroatoms. The lowest BCUT2D eigenvalue weighted by atomic mass is 10.3. The van der Waals surface area contributed by atoms with Gasteiger partial charge in [0.2, 0.25) is 0 Å². The summed E-state index contributed by atoms with van der Waals surface area (Å²) in [6.45, 7) is 5.68. The summed E-state index contributed by atoms with van der Waals surface area (Å²) >= 11 is 0. The fourth-order valence-corrected chi connectivity index (χ4v) is 0.540. The molecule has 0 rings (SSSR count). The molecule has 0 spiro atoms. The van der Waals surface area contributed by atoms with Crippen LogP contribution in [0.15, 0.2) is 0 Å². The molecule has 0 saturated heterocycles. The van der Waals surface area contributed by atoms with Gasteiger partial charge in [0.15, 0.2) is 5.79 Å². The van der Waals surface area contributed by atoms with Gasteiger partial charge in [0.05, 0.1) is 6.10 Å². The van der Waals surface area contributed by atoms with Crippen LogP contribution in [0.2, 0.25) is 0 Å². The standard InChI is InChI=1S/C10H18O3/c1-9(11)7-5-6-8-13-10(2,3)12-4/h9,11H,7-8H2,1-4H3. The Balaban J connectivity index is 3.58. The number of aliphatic hydroxyl groups excluding tert-OH is 1. The highest BCUT2D eigenvalue weighted by Gasteiger charge is 2.14. The average molecular weight is 186 g/mol. The van der Waals surface area contributed by atoms with Crippen LogP contribution in [0.1, 0.15) is 27.2 Å². The van der Waals surface area contributed by atoms with Gasteiger partial charge in [0, 0.05) is 13.5 Å². The van der Waals surface area contributed by atoms with E-state index in [4.69, 9.17) is 14.6 Å². The number of methoxy groups -OCH3 is 1. The van der Waals surface area contributed by atoms with Crippen molar-refractivity contribution in [2.45, 2.75) is 39.1 Å². The van der Waals surface area contributed by atoms with Crippen molar-refractivity contribution < 1.29 is 14.6 Å². The zero-order valence-electron chi connectivity index (χ0n) is 8.76. The third kappa shape index (κ3) is 7.79. The molecule has 0 heterocycles. The van der Waals surface area contributed by atoms with E-state index in [-0.39, 0.29) is 6.10 Å². The lowest BCUT2D eigenvalue weighted by Gasteiger charge is -2.21. The molecular formula is C10H18O3. The molecule has 0 aliphatic carbocycles. The summed E-state index contributed by atoms with van der Waals surface area (Å²) < 4.78 is 10.3. The fraction of sp³-hybridized carbons (Fsp3) is 0.800. The monoisotopic (exact) mass is 186 g/mol. The van der Waals surface area contributed by atoms with Crippen LogP contribution in [-0.2, 0) is 9.47 Å². The van der Waals surface area contributed by atoms with Crippen molar-refractivity contribution in [2.24, 2.45) is 0 Å². The maximum Gasteiger partial charge on any atom is 0.163 e. The number of aliphatic hydroxyl groups is 1. The highest BCUT2D eigenvalue weighted by molar-refractivity contribution is 5.00. The molecule has 0 fully saturated rings. The van der Waals surface area contributed by atoms with Gasteiger partial charge in [0.25, 0.3) is 0 Å². The number of ether oxygens (including phenoxy) is 2. The fourth-order valence-electron chi connectivity index (χ4n) is 0.540. The third-order valence-corrected chi connectivity index (χ3v) is 1.51. The predicted octanol–water partition coefficient (Wildman–Crippen LogP) is 1.16. The Hall–Kier alpha value is -0.560. The van der Waals surface area contributed by atoms with Crippen molar-refractivity contribution in [3.05, 3.63) is 0 Å². The highest BCUT2D eigenvalue weighted by Crippen LogP contribution is 2.07. The molecule has 0 amide bonds. The second-order valence-electron chi connectivity index (χ2n) is 3.30. The smallest absolute Gasteiger partial charge is 0.163 e. The van der Waals surface area contributed by atoms with Gasteiger partial charge in [-0.25, -0.2) is 0 Å². The Morgan fingerprint density at radius 3 is 2.46 bits per heavy atom. The molecule has 1 unspecified atom stereocenters. The molecule has 0 aliphatic heterocycles. The van der Waals surface area contributed by atoms with Crippen LogP contribution in [0.5, 0.6) is 0 Å². The normalized spacial score (nSPS) is 13.3. The molecule has 76 valence electrons. The SMILES string of the molecule is COC(C)(C)OCC#CCC(C)O. The van der Waals surface area contributed by atoms with Crippen molar-refractivity contribution in [3.8, 4) is 11.8 Å². The molecule has 0 radical (unpaired) electrons. The van der Waals surface area contributed by atoms with Crippen molar-refractivity contribution in [1.29, 1.82) is 0 Å². The van der Waals surface area contributed by atoms with E-state index in [0.29, 0.717) is 13.0 Å². The Bertz CT molecular complexity index is 186. The summed E-state index contributed by atoms with van der Waals surface area (Å²) in [5.74, 6) is 5.01. The van der Waals surface area contributed by atoms with Gasteiger partial charge in [-0.1, -0.05) is 11.8 Å². The first-order chi connectivity index (χ1) is 5.98. The largest absolute Gasteiger partial charge is 0.392 e. The Morgan fingerprint density at radius 1 is 1.38 bits per heavy atom. The van der Waals surface area contributed by atoms with E-state index in [1.54, 1.807) is 14.0 Å². The molecule has 13 heavy (non-hydrogen) atoms. The van der Waals surface area contributed by atoms with Gasteiger partial charge < -0.3 is 14.6 Å². The Morgan fingerprint density at radius 2 is 2.00 bits per heavy atom. The first-order valence-electron chi connectivity index (χ1n) is 4.31. The van der Waals surface area contributed by atoms with Crippen molar-refractivity contribution in [2.75, 3.05) is 13.7 Å². The van der Waals surface area contributed by atoms with Crippen molar-refractivity contribution >= 4 is 0 Å². The molecule has 0 bridgehead atoms. The maximum atomic E-state index is 8.89. The number of hydrogen-bond donors (Lipinski definition) is 1. The molecule has 0 aromatic carbocycles. The van der Waals surface area contributed by atoms with Crippen LogP contribution >= 0.6 is 0 Å². The minimum atomic E-state index is -0.584. The van der Waals surface area contributed by atoms with Crippen LogP contribution in [0.4, 0.5) is 0 Å². The van der Waals surface area contributed by atoms with Gasteiger partial charge in [-0.2, -0.15) is 0 Å². The molecule has 0 aromatic rings.